The molecule has 150 valence electrons. The van der Waals surface area contributed by atoms with Crippen molar-refractivity contribution in [2.75, 3.05) is 21.3 Å². The second-order valence-corrected chi connectivity index (χ2v) is 8.68. The van der Waals surface area contributed by atoms with Gasteiger partial charge < -0.3 is 19.3 Å². The first-order valence-electron chi connectivity index (χ1n) is 8.91. The Labute approximate surface area is 159 Å². The topological polar surface area (TPSA) is 102 Å². The maximum absolute atomic E-state index is 13.6. The number of rotatable bonds is 6. The fraction of sp³-hybridized carbons (Fsp3) is 0.611. The van der Waals surface area contributed by atoms with E-state index in [4.69, 9.17) is 14.2 Å². The molecule has 1 aromatic carbocycles. The Morgan fingerprint density at radius 3 is 2.19 bits per heavy atom. The number of nitrogens with zero attached hydrogens (tertiary/aromatic N) is 1. The van der Waals surface area contributed by atoms with Crippen LogP contribution in [0.5, 0.6) is 17.2 Å². The summed E-state index contributed by atoms with van der Waals surface area (Å²) < 4.78 is 44.2. The molecule has 1 N–H and O–H groups in total. The fourth-order valence-electron chi connectivity index (χ4n) is 4.31. The van der Waals surface area contributed by atoms with E-state index in [1.807, 2.05) is 0 Å². The number of hydrogen-bond acceptors (Lipinski definition) is 6. The fourth-order valence-corrected chi connectivity index (χ4v) is 6.46. The lowest BCUT2D eigenvalue weighted by molar-refractivity contribution is -0.141. The van der Waals surface area contributed by atoms with Gasteiger partial charge in [0.15, 0.2) is 4.90 Å². The number of benzene rings is 1. The van der Waals surface area contributed by atoms with Crippen LogP contribution in [0.4, 0.5) is 0 Å². The highest BCUT2D eigenvalue weighted by atomic mass is 32.2. The molecular formula is C18H25NO7S. The zero-order valence-electron chi connectivity index (χ0n) is 15.7. The minimum Gasteiger partial charge on any atom is -0.496 e. The van der Waals surface area contributed by atoms with Crippen LogP contribution in [0.25, 0.3) is 0 Å². The van der Waals surface area contributed by atoms with Crippen molar-refractivity contribution in [3.05, 3.63) is 12.1 Å². The van der Waals surface area contributed by atoms with Gasteiger partial charge in [-0.2, -0.15) is 4.31 Å². The van der Waals surface area contributed by atoms with Crippen LogP contribution in [0.3, 0.4) is 0 Å². The van der Waals surface area contributed by atoms with E-state index >= 15 is 0 Å². The number of fused-ring (bicyclic) bond motifs is 1. The summed E-state index contributed by atoms with van der Waals surface area (Å²) in [7, 11) is 0.000384. The highest BCUT2D eigenvalue weighted by molar-refractivity contribution is 7.89. The van der Waals surface area contributed by atoms with Gasteiger partial charge >= 0.3 is 5.97 Å². The van der Waals surface area contributed by atoms with Gasteiger partial charge in [-0.1, -0.05) is 12.8 Å². The van der Waals surface area contributed by atoms with Crippen molar-refractivity contribution < 1.29 is 32.5 Å². The van der Waals surface area contributed by atoms with Gasteiger partial charge in [-0.3, -0.25) is 4.79 Å². The summed E-state index contributed by atoms with van der Waals surface area (Å²) in [6.07, 6.45) is 3.72. The van der Waals surface area contributed by atoms with Crippen molar-refractivity contribution in [2.24, 2.45) is 5.92 Å². The van der Waals surface area contributed by atoms with Crippen molar-refractivity contribution in [1.82, 2.24) is 4.31 Å². The zero-order valence-corrected chi connectivity index (χ0v) is 16.5. The maximum atomic E-state index is 13.6. The molecule has 1 saturated carbocycles. The molecule has 1 aliphatic heterocycles. The predicted octanol–water partition coefficient (Wildman–Crippen LogP) is 2.12. The number of carboxylic acids is 1. The molecule has 0 aromatic heterocycles. The summed E-state index contributed by atoms with van der Waals surface area (Å²) in [5.74, 6) is -0.553. The molecule has 2 fully saturated rings. The molecule has 1 aliphatic carbocycles. The van der Waals surface area contributed by atoms with Crippen LogP contribution in [0, 0.1) is 5.92 Å². The van der Waals surface area contributed by atoms with E-state index in [0.29, 0.717) is 18.6 Å². The van der Waals surface area contributed by atoms with Gasteiger partial charge in [-0.15, -0.1) is 0 Å². The van der Waals surface area contributed by atoms with Crippen LogP contribution in [-0.4, -0.2) is 57.2 Å². The number of aliphatic carboxylic acids is 1. The summed E-state index contributed by atoms with van der Waals surface area (Å²) in [6, 6.07) is 1.51. The number of sulfonamides is 1. The predicted molar refractivity (Wildman–Crippen MR) is 96.9 cm³/mol. The van der Waals surface area contributed by atoms with Crippen LogP contribution < -0.4 is 14.2 Å². The van der Waals surface area contributed by atoms with Crippen LogP contribution in [0.1, 0.15) is 32.1 Å². The van der Waals surface area contributed by atoms with E-state index in [1.165, 1.54) is 37.8 Å². The monoisotopic (exact) mass is 399 g/mol. The van der Waals surface area contributed by atoms with Crippen molar-refractivity contribution in [1.29, 1.82) is 0 Å². The Hall–Kier alpha value is -2.00. The first kappa shape index (κ1) is 19.8. The number of carboxylic acid groups (broad SMARTS) is 1. The molecule has 1 heterocycles. The van der Waals surface area contributed by atoms with Crippen molar-refractivity contribution in [2.45, 2.75) is 49.1 Å². The third kappa shape index (κ3) is 3.34. The lowest BCUT2D eigenvalue weighted by atomic mass is 9.85. The second-order valence-electron chi connectivity index (χ2n) is 6.90. The molecule has 3 unspecified atom stereocenters. The van der Waals surface area contributed by atoms with Gasteiger partial charge in [0.2, 0.25) is 0 Å². The van der Waals surface area contributed by atoms with E-state index < -0.39 is 22.0 Å². The molecular weight excluding hydrogens is 374 g/mol. The zero-order chi connectivity index (χ0) is 19.8. The Bertz CT molecular complexity index is 798. The average Bonchev–Trinajstić information content (AvgIpc) is 3.07. The van der Waals surface area contributed by atoms with Crippen molar-refractivity contribution in [3.63, 3.8) is 0 Å². The van der Waals surface area contributed by atoms with Crippen molar-refractivity contribution in [3.8, 4) is 17.2 Å². The number of hydrogen-bond donors (Lipinski definition) is 1. The van der Waals surface area contributed by atoms with E-state index in [-0.39, 0.29) is 28.4 Å². The van der Waals surface area contributed by atoms with Crippen LogP contribution in [0.15, 0.2) is 17.0 Å². The summed E-state index contributed by atoms with van der Waals surface area (Å²) >= 11 is 0. The lowest BCUT2D eigenvalue weighted by Gasteiger charge is -2.32. The summed E-state index contributed by atoms with van der Waals surface area (Å²) in [5.41, 5.74) is 0. The van der Waals surface area contributed by atoms with Crippen LogP contribution in [-0.2, 0) is 14.8 Å². The maximum Gasteiger partial charge on any atom is 0.322 e. The van der Waals surface area contributed by atoms with E-state index in [9.17, 15) is 18.3 Å². The molecule has 1 saturated heterocycles. The molecule has 0 spiro atoms. The Kier molecular flexibility index (Phi) is 5.53. The van der Waals surface area contributed by atoms with Gasteiger partial charge in [-0.05, 0) is 25.2 Å². The first-order valence-corrected chi connectivity index (χ1v) is 10.4. The first-order chi connectivity index (χ1) is 12.8. The minimum absolute atomic E-state index is 0.0601. The van der Waals surface area contributed by atoms with Gasteiger partial charge in [0.1, 0.15) is 23.3 Å². The highest BCUT2D eigenvalue weighted by Gasteiger charge is 2.52. The van der Waals surface area contributed by atoms with E-state index in [2.05, 4.69) is 0 Å². The molecule has 2 aliphatic rings. The van der Waals surface area contributed by atoms with Crippen molar-refractivity contribution >= 4 is 16.0 Å². The molecule has 1 aromatic rings. The smallest absolute Gasteiger partial charge is 0.322 e. The SMILES string of the molecule is COc1cc(OC)c(S(=O)(=O)N2C(C(=O)O)CC3CCCCC32)c(OC)c1. The number of methoxy groups -OCH3 is 3. The summed E-state index contributed by atoms with van der Waals surface area (Å²) in [4.78, 5) is 11.7. The van der Waals surface area contributed by atoms with Crippen LogP contribution in [0.2, 0.25) is 0 Å². The molecule has 3 atom stereocenters. The van der Waals surface area contributed by atoms with Gasteiger partial charge in [-0.25, -0.2) is 8.42 Å². The Balaban J connectivity index is 2.16. The van der Waals surface area contributed by atoms with Crippen LogP contribution >= 0.6 is 0 Å². The van der Waals surface area contributed by atoms with E-state index in [1.54, 1.807) is 0 Å². The largest absolute Gasteiger partial charge is 0.496 e. The average molecular weight is 399 g/mol. The third-order valence-electron chi connectivity index (χ3n) is 5.52. The molecule has 3 rings (SSSR count). The molecule has 27 heavy (non-hydrogen) atoms. The summed E-state index contributed by atoms with van der Waals surface area (Å²) in [6.45, 7) is 0. The third-order valence-corrected chi connectivity index (χ3v) is 7.52. The van der Waals surface area contributed by atoms with E-state index in [0.717, 1.165) is 19.3 Å². The standard InChI is InChI=1S/C18H25NO7S/c1-24-12-9-15(25-2)17(16(10-12)26-3)27(22,23)19-13-7-5-4-6-11(13)8-14(19)18(20)21/h9-11,13-14H,4-8H2,1-3H3,(H,20,21). The molecule has 0 bridgehead atoms. The highest BCUT2D eigenvalue weighted by Crippen LogP contribution is 2.46. The summed E-state index contributed by atoms with van der Waals surface area (Å²) in [5, 5.41) is 9.69. The molecule has 9 heteroatoms. The van der Waals surface area contributed by atoms with Gasteiger partial charge in [0.25, 0.3) is 10.0 Å². The second kappa shape index (κ2) is 7.55. The Morgan fingerprint density at radius 2 is 1.67 bits per heavy atom. The molecule has 8 nitrogen and oxygen atoms in total. The lowest BCUT2D eigenvalue weighted by Crippen LogP contribution is -2.46. The Morgan fingerprint density at radius 1 is 1.07 bits per heavy atom. The normalized spacial score (nSPS) is 25.7. The van der Waals surface area contributed by atoms with Gasteiger partial charge in [0.05, 0.1) is 21.3 Å². The quantitative estimate of drug-likeness (QED) is 0.781. The molecule has 0 radical (unpaired) electrons. The molecule has 0 amide bonds. The van der Waals surface area contributed by atoms with Gasteiger partial charge in [0, 0.05) is 18.2 Å². The number of carbonyl (C=O) groups is 1. The number of ether oxygens (including phenoxy) is 3. The minimum atomic E-state index is -4.17.